The zero-order valence-corrected chi connectivity index (χ0v) is 13.0. The minimum Gasteiger partial charge on any atom is -0.361 e. The zero-order chi connectivity index (χ0) is 12.7. The summed E-state index contributed by atoms with van der Waals surface area (Å²) in [5.41, 5.74) is 0. The Labute approximate surface area is 116 Å². The molecule has 1 rings (SSSR count). The summed E-state index contributed by atoms with van der Waals surface area (Å²) in [6, 6.07) is 0.613. The van der Waals surface area contributed by atoms with E-state index in [-0.39, 0.29) is 0 Å². The van der Waals surface area contributed by atoms with Crippen LogP contribution in [0.25, 0.3) is 0 Å². The van der Waals surface area contributed by atoms with Crippen molar-refractivity contribution in [3.05, 3.63) is 0 Å². The normalized spacial score (nSPS) is 17.1. The lowest BCUT2D eigenvalue weighted by atomic mass is 10.0. The predicted octanol–water partition coefficient (Wildman–Crippen LogP) is 3.31. The lowest BCUT2D eigenvalue weighted by Crippen LogP contribution is -2.46. The molecule has 0 radical (unpaired) electrons. The lowest BCUT2D eigenvalue weighted by Gasteiger charge is -2.30. The van der Waals surface area contributed by atoms with E-state index in [0.29, 0.717) is 10.8 Å². The Morgan fingerprint density at radius 2 is 1.88 bits per heavy atom. The molecular weight excluding hydrogens is 248 g/mol. The number of thioether (sulfide) groups is 1. The van der Waals surface area contributed by atoms with E-state index >= 15 is 0 Å². The third-order valence-corrected chi connectivity index (χ3v) is 5.83. The molecule has 0 saturated heterocycles. The number of thiocarbonyl (C=S) groups is 1. The summed E-state index contributed by atoms with van der Waals surface area (Å²) in [5.74, 6) is 0. The van der Waals surface area contributed by atoms with Gasteiger partial charge in [-0.25, -0.2) is 0 Å². The molecular formula is C13H26N2S2. The molecule has 1 fully saturated rings. The molecule has 0 aromatic heterocycles. The van der Waals surface area contributed by atoms with Gasteiger partial charge in [0, 0.05) is 17.3 Å². The van der Waals surface area contributed by atoms with E-state index in [1.807, 2.05) is 11.8 Å². The van der Waals surface area contributed by atoms with Gasteiger partial charge < -0.3 is 10.6 Å². The molecule has 0 aromatic carbocycles. The molecule has 0 aliphatic heterocycles. The average Bonchev–Trinajstić information content (AvgIpc) is 2.84. The van der Waals surface area contributed by atoms with E-state index in [4.69, 9.17) is 12.2 Å². The molecule has 1 aliphatic rings. The van der Waals surface area contributed by atoms with Gasteiger partial charge in [-0.15, -0.1) is 0 Å². The number of hydrogen-bond donors (Lipinski definition) is 2. The maximum Gasteiger partial charge on any atom is 0.166 e. The van der Waals surface area contributed by atoms with Gasteiger partial charge in [0.2, 0.25) is 0 Å². The number of nitrogens with one attached hydrogen (secondary N) is 2. The van der Waals surface area contributed by atoms with E-state index in [1.165, 1.54) is 38.5 Å². The highest BCUT2D eigenvalue weighted by atomic mass is 32.2. The Kier molecular flexibility index (Phi) is 6.63. The average molecular weight is 274 g/mol. The van der Waals surface area contributed by atoms with E-state index < -0.39 is 0 Å². The first-order chi connectivity index (χ1) is 8.15. The fraction of sp³-hybridized carbons (Fsp3) is 0.923. The molecule has 2 nitrogen and oxygen atoms in total. The van der Waals surface area contributed by atoms with Crippen LogP contribution in [-0.4, -0.2) is 28.7 Å². The highest BCUT2D eigenvalue weighted by Crippen LogP contribution is 2.29. The molecule has 1 saturated carbocycles. The van der Waals surface area contributed by atoms with Gasteiger partial charge in [0.1, 0.15) is 0 Å². The first-order valence-corrected chi connectivity index (χ1v) is 8.38. The van der Waals surface area contributed by atoms with Crippen LogP contribution < -0.4 is 10.6 Å². The third-order valence-electron chi connectivity index (χ3n) is 3.98. The fourth-order valence-corrected chi connectivity index (χ4v) is 3.44. The van der Waals surface area contributed by atoms with Crippen LogP contribution in [0.3, 0.4) is 0 Å². The van der Waals surface area contributed by atoms with E-state index in [9.17, 15) is 0 Å². The lowest BCUT2D eigenvalue weighted by molar-refractivity contribution is 0.529. The molecule has 1 aliphatic carbocycles. The molecule has 0 atom stereocenters. The SMILES string of the molecule is CCC(CC)(CNC(=S)NC1CCCC1)SC. The Balaban J connectivity index is 2.30. The first-order valence-electron chi connectivity index (χ1n) is 6.75. The quantitative estimate of drug-likeness (QED) is 0.726. The standard InChI is InChI=1S/C13H26N2S2/c1-4-13(5-2,17-3)10-14-12(16)15-11-8-6-7-9-11/h11H,4-10H2,1-3H3,(H2,14,15,16). The molecule has 0 spiro atoms. The van der Waals surface area contributed by atoms with Gasteiger partial charge in [-0.1, -0.05) is 26.7 Å². The number of rotatable bonds is 6. The van der Waals surface area contributed by atoms with E-state index in [2.05, 4.69) is 30.7 Å². The summed E-state index contributed by atoms with van der Waals surface area (Å²) in [6.45, 7) is 5.49. The Hall–Kier alpha value is 0.0400. The minimum atomic E-state index is 0.335. The second-order valence-electron chi connectivity index (χ2n) is 4.90. The van der Waals surface area contributed by atoms with Gasteiger partial charge >= 0.3 is 0 Å². The smallest absolute Gasteiger partial charge is 0.166 e. The van der Waals surface area contributed by atoms with Crippen molar-refractivity contribution in [2.24, 2.45) is 0 Å². The molecule has 17 heavy (non-hydrogen) atoms. The molecule has 0 heterocycles. The third kappa shape index (κ3) is 4.66. The van der Waals surface area contributed by atoms with Crippen LogP contribution in [0.4, 0.5) is 0 Å². The summed E-state index contributed by atoms with van der Waals surface area (Å²) >= 11 is 7.32. The second-order valence-corrected chi connectivity index (χ2v) is 6.59. The summed E-state index contributed by atoms with van der Waals surface area (Å²) in [7, 11) is 0. The molecule has 2 N–H and O–H groups in total. The molecule has 100 valence electrons. The van der Waals surface area contributed by atoms with Crippen LogP contribution >= 0.6 is 24.0 Å². The number of hydrogen-bond acceptors (Lipinski definition) is 2. The van der Waals surface area contributed by atoms with Gasteiger partial charge in [-0.2, -0.15) is 11.8 Å². The topological polar surface area (TPSA) is 24.1 Å². The van der Waals surface area contributed by atoms with Crippen LogP contribution in [0.1, 0.15) is 52.4 Å². The first kappa shape index (κ1) is 15.1. The summed E-state index contributed by atoms with van der Waals surface area (Å²) in [5, 5.41) is 7.68. The summed E-state index contributed by atoms with van der Waals surface area (Å²) < 4.78 is 0.335. The summed E-state index contributed by atoms with van der Waals surface area (Å²) in [4.78, 5) is 0. The van der Waals surface area contributed by atoms with Gasteiger partial charge in [-0.3, -0.25) is 0 Å². The Morgan fingerprint density at radius 3 is 2.35 bits per heavy atom. The van der Waals surface area contributed by atoms with Gasteiger partial charge in [0.15, 0.2) is 5.11 Å². The fourth-order valence-electron chi connectivity index (χ4n) is 2.41. The molecule has 0 aromatic rings. The van der Waals surface area contributed by atoms with Crippen molar-refractivity contribution in [1.29, 1.82) is 0 Å². The molecule has 0 bridgehead atoms. The predicted molar refractivity (Wildman–Crippen MR) is 82.8 cm³/mol. The van der Waals surface area contributed by atoms with Gasteiger partial charge in [0.25, 0.3) is 0 Å². The van der Waals surface area contributed by atoms with Crippen molar-refractivity contribution in [2.45, 2.75) is 63.2 Å². The second kappa shape index (κ2) is 7.47. The minimum absolute atomic E-state index is 0.335. The van der Waals surface area contributed by atoms with Crippen molar-refractivity contribution in [3.8, 4) is 0 Å². The maximum absolute atomic E-state index is 5.37. The van der Waals surface area contributed by atoms with Crippen LogP contribution in [0.15, 0.2) is 0 Å². The zero-order valence-electron chi connectivity index (χ0n) is 11.3. The van der Waals surface area contributed by atoms with Crippen LogP contribution in [0, 0.1) is 0 Å². The van der Waals surface area contributed by atoms with Crippen molar-refractivity contribution >= 4 is 29.1 Å². The van der Waals surface area contributed by atoms with Gasteiger partial charge in [-0.05, 0) is 44.2 Å². The van der Waals surface area contributed by atoms with Crippen molar-refractivity contribution < 1.29 is 0 Å². The van der Waals surface area contributed by atoms with Crippen LogP contribution in [-0.2, 0) is 0 Å². The van der Waals surface area contributed by atoms with Crippen molar-refractivity contribution in [2.75, 3.05) is 12.8 Å². The van der Waals surface area contributed by atoms with Crippen LogP contribution in [0.2, 0.25) is 0 Å². The molecule has 4 heteroatoms. The highest BCUT2D eigenvalue weighted by Gasteiger charge is 2.25. The maximum atomic E-state index is 5.37. The van der Waals surface area contributed by atoms with Crippen molar-refractivity contribution in [3.63, 3.8) is 0 Å². The Morgan fingerprint density at radius 1 is 1.29 bits per heavy atom. The highest BCUT2D eigenvalue weighted by molar-refractivity contribution is 8.00. The van der Waals surface area contributed by atoms with E-state index in [1.54, 1.807) is 0 Å². The molecule has 0 unspecified atom stereocenters. The van der Waals surface area contributed by atoms with Crippen molar-refractivity contribution in [1.82, 2.24) is 10.6 Å². The Bertz CT molecular complexity index is 225. The van der Waals surface area contributed by atoms with Gasteiger partial charge in [0.05, 0.1) is 0 Å². The monoisotopic (exact) mass is 274 g/mol. The van der Waals surface area contributed by atoms with E-state index in [0.717, 1.165) is 11.7 Å². The summed E-state index contributed by atoms with van der Waals surface area (Å²) in [6.07, 6.45) is 9.81. The molecule has 0 amide bonds. The van der Waals surface area contributed by atoms with Crippen LogP contribution in [0.5, 0.6) is 0 Å². The largest absolute Gasteiger partial charge is 0.361 e.